The van der Waals surface area contributed by atoms with Gasteiger partial charge in [-0.15, -0.1) is 0 Å². The molecule has 1 fully saturated rings. The van der Waals surface area contributed by atoms with Gasteiger partial charge in [-0.3, -0.25) is 0 Å². The Kier molecular flexibility index (Phi) is 3.52. The number of nitrogens with one attached hydrogen (secondary N) is 1. The second-order valence-electron chi connectivity index (χ2n) is 4.02. The van der Waals surface area contributed by atoms with E-state index >= 15 is 0 Å². The van der Waals surface area contributed by atoms with Crippen molar-refractivity contribution in [1.29, 1.82) is 0 Å². The maximum Gasteiger partial charge on any atom is 0.408 e. The lowest BCUT2D eigenvalue weighted by atomic mass is 10.2. The molecule has 100 valence electrons. The van der Waals surface area contributed by atoms with Crippen molar-refractivity contribution in [2.24, 2.45) is 0 Å². The van der Waals surface area contributed by atoms with Gasteiger partial charge in [0.2, 0.25) is 5.95 Å². The number of alkyl halides is 3. The highest BCUT2D eigenvalue weighted by Gasteiger charge is 2.46. The molecule has 0 radical (unpaired) electrons. The number of rotatable bonds is 2. The quantitative estimate of drug-likeness (QED) is 0.846. The van der Waals surface area contributed by atoms with Gasteiger partial charge < -0.3 is 10.2 Å². The fourth-order valence-electron chi connectivity index (χ4n) is 2.05. The fourth-order valence-corrected chi connectivity index (χ4v) is 2.22. The predicted molar refractivity (Wildman–Crippen MR) is 63.0 cm³/mol. The zero-order chi connectivity index (χ0) is 13.3. The average molecular weight is 281 g/mol. The van der Waals surface area contributed by atoms with E-state index in [2.05, 4.69) is 15.3 Å². The molecule has 0 bridgehead atoms. The van der Waals surface area contributed by atoms with Gasteiger partial charge >= 0.3 is 6.18 Å². The lowest BCUT2D eigenvalue weighted by Gasteiger charge is -2.27. The van der Waals surface area contributed by atoms with Crippen molar-refractivity contribution in [1.82, 2.24) is 9.97 Å². The van der Waals surface area contributed by atoms with Crippen LogP contribution in [-0.2, 0) is 0 Å². The molecule has 0 spiro atoms. The summed E-state index contributed by atoms with van der Waals surface area (Å²) >= 11 is 5.77. The standard InChI is InChI=1S/C10H12ClF3N4/c1-15-9-16-7(11)5-8(17-9)18-4-2-3-6(18)10(12,13)14/h5-6H,2-4H2,1H3,(H,15,16,17). The Labute approximate surface area is 107 Å². The highest BCUT2D eigenvalue weighted by molar-refractivity contribution is 6.29. The first kappa shape index (κ1) is 13.2. The average Bonchev–Trinajstić information content (AvgIpc) is 2.76. The first-order valence-electron chi connectivity index (χ1n) is 5.47. The summed E-state index contributed by atoms with van der Waals surface area (Å²) in [5.41, 5.74) is 0. The Morgan fingerprint density at radius 3 is 2.78 bits per heavy atom. The summed E-state index contributed by atoms with van der Waals surface area (Å²) in [7, 11) is 1.58. The summed E-state index contributed by atoms with van der Waals surface area (Å²) in [6.07, 6.45) is -3.69. The summed E-state index contributed by atoms with van der Waals surface area (Å²) in [4.78, 5) is 9.09. The van der Waals surface area contributed by atoms with Crippen molar-refractivity contribution in [3.63, 3.8) is 0 Å². The van der Waals surface area contributed by atoms with Crippen molar-refractivity contribution < 1.29 is 13.2 Å². The van der Waals surface area contributed by atoms with Gasteiger partial charge in [-0.05, 0) is 12.8 Å². The van der Waals surface area contributed by atoms with Crippen LogP contribution < -0.4 is 10.2 Å². The second kappa shape index (κ2) is 4.79. The summed E-state index contributed by atoms with van der Waals surface area (Å²) < 4.78 is 38.5. The van der Waals surface area contributed by atoms with Crippen LogP contribution in [0, 0.1) is 0 Å². The Hall–Kier alpha value is -1.24. The van der Waals surface area contributed by atoms with Crippen molar-refractivity contribution in [2.75, 3.05) is 23.8 Å². The van der Waals surface area contributed by atoms with E-state index in [9.17, 15) is 13.2 Å². The number of nitrogens with zero attached hydrogens (tertiary/aromatic N) is 3. The highest BCUT2D eigenvalue weighted by atomic mass is 35.5. The van der Waals surface area contributed by atoms with Crippen molar-refractivity contribution in [3.05, 3.63) is 11.2 Å². The Morgan fingerprint density at radius 2 is 2.17 bits per heavy atom. The van der Waals surface area contributed by atoms with E-state index in [1.807, 2.05) is 0 Å². The molecule has 1 unspecified atom stereocenters. The topological polar surface area (TPSA) is 41.1 Å². The van der Waals surface area contributed by atoms with Crippen molar-refractivity contribution in [2.45, 2.75) is 25.1 Å². The van der Waals surface area contributed by atoms with Gasteiger partial charge in [0.1, 0.15) is 17.0 Å². The van der Waals surface area contributed by atoms with Gasteiger partial charge in [0.15, 0.2) is 0 Å². The van der Waals surface area contributed by atoms with Crippen LogP contribution >= 0.6 is 11.6 Å². The monoisotopic (exact) mass is 280 g/mol. The van der Waals surface area contributed by atoms with Crippen LogP contribution in [0.25, 0.3) is 0 Å². The molecule has 0 saturated carbocycles. The molecule has 2 rings (SSSR count). The lowest BCUT2D eigenvalue weighted by Crippen LogP contribution is -2.41. The summed E-state index contributed by atoms with van der Waals surface area (Å²) in [6.45, 7) is 0.320. The third-order valence-electron chi connectivity index (χ3n) is 2.83. The van der Waals surface area contributed by atoms with Gasteiger partial charge in [-0.2, -0.15) is 18.2 Å². The van der Waals surface area contributed by atoms with Crippen LogP contribution in [0.4, 0.5) is 24.9 Å². The largest absolute Gasteiger partial charge is 0.408 e. The zero-order valence-corrected chi connectivity index (χ0v) is 10.4. The predicted octanol–water partition coefficient (Wildman–Crippen LogP) is 2.70. The van der Waals surface area contributed by atoms with Gasteiger partial charge in [0.25, 0.3) is 0 Å². The van der Waals surface area contributed by atoms with E-state index in [1.54, 1.807) is 7.05 Å². The molecule has 1 atom stereocenters. The molecule has 0 aliphatic carbocycles. The minimum absolute atomic E-state index is 0.0833. The van der Waals surface area contributed by atoms with Crippen LogP contribution in [0.15, 0.2) is 6.07 Å². The zero-order valence-electron chi connectivity index (χ0n) is 9.63. The van der Waals surface area contributed by atoms with Gasteiger partial charge in [0.05, 0.1) is 0 Å². The number of halogens is 4. The van der Waals surface area contributed by atoms with E-state index in [-0.39, 0.29) is 23.3 Å². The van der Waals surface area contributed by atoms with E-state index < -0.39 is 12.2 Å². The summed E-state index contributed by atoms with van der Waals surface area (Å²) in [5.74, 6) is 0.421. The molecule has 1 N–H and O–H groups in total. The maximum atomic E-state index is 12.8. The van der Waals surface area contributed by atoms with E-state index in [1.165, 1.54) is 11.0 Å². The normalized spacial score (nSPS) is 20.3. The molecule has 4 nitrogen and oxygen atoms in total. The molecule has 1 aliphatic rings. The number of anilines is 2. The summed E-state index contributed by atoms with van der Waals surface area (Å²) in [5, 5.41) is 2.79. The third kappa shape index (κ3) is 2.60. The molecule has 0 amide bonds. The Balaban J connectivity index is 2.33. The van der Waals surface area contributed by atoms with Crippen LogP contribution in [-0.4, -0.2) is 35.8 Å². The number of aromatic nitrogens is 2. The SMILES string of the molecule is CNc1nc(Cl)cc(N2CCCC2C(F)(F)F)n1. The lowest BCUT2D eigenvalue weighted by molar-refractivity contribution is -0.146. The molecule has 18 heavy (non-hydrogen) atoms. The van der Waals surface area contributed by atoms with E-state index in [4.69, 9.17) is 11.6 Å². The van der Waals surface area contributed by atoms with Gasteiger partial charge in [-0.1, -0.05) is 11.6 Å². The van der Waals surface area contributed by atoms with Crippen LogP contribution in [0.2, 0.25) is 5.15 Å². The third-order valence-corrected chi connectivity index (χ3v) is 3.02. The molecule has 1 saturated heterocycles. The Morgan fingerprint density at radius 1 is 1.44 bits per heavy atom. The summed E-state index contributed by atoms with van der Waals surface area (Å²) in [6, 6.07) is -0.139. The molecule has 8 heteroatoms. The molecule has 1 aromatic rings. The molecule has 0 aromatic carbocycles. The van der Waals surface area contributed by atoms with Crippen LogP contribution in [0.5, 0.6) is 0 Å². The van der Waals surface area contributed by atoms with Crippen LogP contribution in [0.1, 0.15) is 12.8 Å². The minimum atomic E-state index is -4.26. The van der Waals surface area contributed by atoms with Gasteiger partial charge in [-0.25, -0.2) is 4.98 Å². The van der Waals surface area contributed by atoms with Crippen LogP contribution in [0.3, 0.4) is 0 Å². The molecule has 2 heterocycles. The minimum Gasteiger partial charge on any atom is -0.357 e. The van der Waals surface area contributed by atoms with E-state index in [0.717, 1.165) is 0 Å². The maximum absolute atomic E-state index is 12.8. The first-order valence-corrected chi connectivity index (χ1v) is 5.85. The second-order valence-corrected chi connectivity index (χ2v) is 4.40. The fraction of sp³-hybridized carbons (Fsp3) is 0.600. The van der Waals surface area contributed by atoms with E-state index in [0.29, 0.717) is 13.0 Å². The Bertz CT molecular complexity index is 438. The van der Waals surface area contributed by atoms with Crippen molar-refractivity contribution in [3.8, 4) is 0 Å². The molecular weight excluding hydrogens is 269 g/mol. The smallest absolute Gasteiger partial charge is 0.357 e. The molecular formula is C10H12ClF3N4. The molecule has 1 aromatic heterocycles. The molecule has 1 aliphatic heterocycles. The van der Waals surface area contributed by atoms with Crippen molar-refractivity contribution >= 4 is 23.4 Å². The number of hydrogen-bond acceptors (Lipinski definition) is 4. The number of hydrogen-bond donors (Lipinski definition) is 1. The highest BCUT2D eigenvalue weighted by Crippen LogP contribution is 2.35. The van der Waals surface area contributed by atoms with Gasteiger partial charge in [0, 0.05) is 19.7 Å². The first-order chi connectivity index (χ1) is 8.41.